The minimum atomic E-state index is -0.202. The number of carbonyl (C=O) groups excluding carboxylic acids is 1. The van der Waals surface area contributed by atoms with Gasteiger partial charge in [0, 0.05) is 17.1 Å². The predicted octanol–water partition coefficient (Wildman–Crippen LogP) is 0.661. The third kappa shape index (κ3) is 3.06. The predicted molar refractivity (Wildman–Crippen MR) is 70.7 cm³/mol. The fraction of sp³-hybridized carbons (Fsp3) is 0.143. The maximum absolute atomic E-state index is 10.9. The SMILES string of the molecule is NCC(=O)NCC#Cc1ccc2ncccc2c1. The van der Waals surface area contributed by atoms with E-state index < -0.39 is 0 Å². The molecule has 0 atom stereocenters. The molecular weight excluding hydrogens is 226 g/mol. The highest BCUT2D eigenvalue weighted by atomic mass is 16.1. The van der Waals surface area contributed by atoms with Crippen molar-refractivity contribution in [2.45, 2.75) is 0 Å². The summed E-state index contributed by atoms with van der Waals surface area (Å²) in [6, 6.07) is 9.69. The van der Waals surface area contributed by atoms with Crippen LogP contribution in [0.2, 0.25) is 0 Å². The maximum Gasteiger partial charge on any atom is 0.234 e. The van der Waals surface area contributed by atoms with Crippen molar-refractivity contribution in [1.82, 2.24) is 10.3 Å². The van der Waals surface area contributed by atoms with Crippen molar-refractivity contribution in [2.75, 3.05) is 13.1 Å². The number of fused-ring (bicyclic) bond motifs is 1. The highest BCUT2D eigenvalue weighted by molar-refractivity contribution is 5.80. The number of carbonyl (C=O) groups is 1. The molecule has 0 unspecified atom stereocenters. The normalized spacial score (nSPS) is 9.61. The molecule has 0 saturated carbocycles. The van der Waals surface area contributed by atoms with Crippen molar-refractivity contribution in [3.63, 3.8) is 0 Å². The summed E-state index contributed by atoms with van der Waals surface area (Å²) in [5, 5.41) is 3.64. The summed E-state index contributed by atoms with van der Waals surface area (Å²) in [5.74, 6) is 5.65. The zero-order chi connectivity index (χ0) is 12.8. The molecule has 0 aliphatic rings. The molecule has 3 N–H and O–H groups in total. The quantitative estimate of drug-likeness (QED) is 0.756. The van der Waals surface area contributed by atoms with E-state index in [-0.39, 0.29) is 12.5 Å². The molecule has 0 aliphatic carbocycles. The molecule has 0 spiro atoms. The second-order valence-electron chi connectivity index (χ2n) is 3.69. The number of pyridine rings is 1. The minimum Gasteiger partial charge on any atom is -0.344 e. The van der Waals surface area contributed by atoms with Gasteiger partial charge in [-0.3, -0.25) is 9.78 Å². The highest BCUT2D eigenvalue weighted by Crippen LogP contribution is 2.12. The van der Waals surface area contributed by atoms with E-state index in [2.05, 4.69) is 22.1 Å². The molecule has 1 amide bonds. The van der Waals surface area contributed by atoms with Crippen LogP contribution in [0.25, 0.3) is 10.9 Å². The molecule has 4 nitrogen and oxygen atoms in total. The molecule has 18 heavy (non-hydrogen) atoms. The average Bonchev–Trinajstić information content (AvgIpc) is 2.43. The van der Waals surface area contributed by atoms with Crippen molar-refractivity contribution in [3.05, 3.63) is 42.1 Å². The minimum absolute atomic E-state index is 0.0106. The van der Waals surface area contributed by atoms with Crippen LogP contribution in [0.15, 0.2) is 36.5 Å². The van der Waals surface area contributed by atoms with Crippen molar-refractivity contribution in [3.8, 4) is 11.8 Å². The number of nitrogens with zero attached hydrogens (tertiary/aromatic N) is 1. The molecule has 0 fully saturated rings. The lowest BCUT2D eigenvalue weighted by Crippen LogP contribution is -2.30. The van der Waals surface area contributed by atoms with Crippen LogP contribution in [0.3, 0.4) is 0 Å². The van der Waals surface area contributed by atoms with Crippen LogP contribution >= 0.6 is 0 Å². The zero-order valence-electron chi connectivity index (χ0n) is 9.81. The van der Waals surface area contributed by atoms with E-state index >= 15 is 0 Å². The van der Waals surface area contributed by atoms with E-state index in [1.807, 2.05) is 30.3 Å². The summed E-state index contributed by atoms with van der Waals surface area (Å²) < 4.78 is 0. The number of benzene rings is 1. The maximum atomic E-state index is 10.9. The molecule has 4 heteroatoms. The fourth-order valence-corrected chi connectivity index (χ4v) is 1.51. The van der Waals surface area contributed by atoms with Crippen LogP contribution in [0.1, 0.15) is 5.56 Å². The fourth-order valence-electron chi connectivity index (χ4n) is 1.51. The molecule has 1 heterocycles. The molecule has 0 saturated heterocycles. The lowest BCUT2D eigenvalue weighted by Gasteiger charge is -1.97. The second kappa shape index (κ2) is 5.80. The van der Waals surface area contributed by atoms with Gasteiger partial charge in [0.15, 0.2) is 0 Å². The van der Waals surface area contributed by atoms with E-state index in [1.54, 1.807) is 6.20 Å². The van der Waals surface area contributed by atoms with Gasteiger partial charge >= 0.3 is 0 Å². The number of aromatic nitrogens is 1. The van der Waals surface area contributed by atoms with Crippen molar-refractivity contribution >= 4 is 16.8 Å². The first-order chi connectivity index (χ1) is 8.79. The van der Waals surface area contributed by atoms with Crippen LogP contribution < -0.4 is 11.1 Å². The number of hydrogen-bond acceptors (Lipinski definition) is 3. The number of amides is 1. The molecule has 0 aliphatic heterocycles. The Morgan fingerprint density at radius 1 is 1.39 bits per heavy atom. The summed E-state index contributed by atoms with van der Waals surface area (Å²) in [6.07, 6.45) is 1.76. The molecule has 1 aromatic carbocycles. The Morgan fingerprint density at radius 2 is 2.28 bits per heavy atom. The topological polar surface area (TPSA) is 68.0 Å². The first-order valence-electron chi connectivity index (χ1n) is 5.60. The molecular formula is C14H13N3O. The van der Waals surface area contributed by atoms with Gasteiger partial charge in [-0.1, -0.05) is 17.9 Å². The van der Waals surface area contributed by atoms with Gasteiger partial charge in [-0.2, -0.15) is 0 Å². The van der Waals surface area contributed by atoms with Crippen molar-refractivity contribution in [1.29, 1.82) is 0 Å². The highest BCUT2D eigenvalue weighted by Gasteiger charge is 1.94. The van der Waals surface area contributed by atoms with Gasteiger partial charge < -0.3 is 11.1 Å². The summed E-state index contributed by atoms with van der Waals surface area (Å²) in [7, 11) is 0. The van der Waals surface area contributed by atoms with Crippen LogP contribution in [0.4, 0.5) is 0 Å². The first kappa shape index (κ1) is 12.1. The molecule has 90 valence electrons. The summed E-state index contributed by atoms with van der Waals surface area (Å²) in [5.41, 5.74) is 7.00. The Balaban J connectivity index is 2.08. The molecule has 0 bridgehead atoms. The summed E-state index contributed by atoms with van der Waals surface area (Å²) in [6.45, 7) is 0.296. The summed E-state index contributed by atoms with van der Waals surface area (Å²) in [4.78, 5) is 15.1. The van der Waals surface area contributed by atoms with E-state index in [1.165, 1.54) is 0 Å². The summed E-state index contributed by atoms with van der Waals surface area (Å²) >= 11 is 0. The number of nitrogens with two attached hydrogens (primary N) is 1. The van der Waals surface area contributed by atoms with Gasteiger partial charge in [0.2, 0.25) is 5.91 Å². The Labute approximate surface area is 105 Å². The average molecular weight is 239 g/mol. The number of rotatable bonds is 2. The lowest BCUT2D eigenvalue weighted by molar-refractivity contribution is -0.119. The van der Waals surface area contributed by atoms with Gasteiger partial charge in [-0.05, 0) is 24.3 Å². The Bertz CT molecular complexity index is 625. The number of nitrogens with one attached hydrogen (secondary N) is 1. The van der Waals surface area contributed by atoms with E-state index in [4.69, 9.17) is 5.73 Å². The largest absolute Gasteiger partial charge is 0.344 e. The second-order valence-corrected chi connectivity index (χ2v) is 3.69. The molecule has 2 aromatic rings. The van der Waals surface area contributed by atoms with Crippen LogP contribution in [0.5, 0.6) is 0 Å². The van der Waals surface area contributed by atoms with Crippen LogP contribution in [-0.4, -0.2) is 24.0 Å². The lowest BCUT2D eigenvalue weighted by atomic mass is 10.1. The van der Waals surface area contributed by atoms with Crippen molar-refractivity contribution < 1.29 is 4.79 Å². The third-order valence-corrected chi connectivity index (χ3v) is 2.40. The Hall–Kier alpha value is -2.38. The van der Waals surface area contributed by atoms with Crippen LogP contribution in [-0.2, 0) is 4.79 Å². The molecule has 1 aromatic heterocycles. The van der Waals surface area contributed by atoms with E-state index in [9.17, 15) is 4.79 Å². The molecule has 0 radical (unpaired) electrons. The van der Waals surface area contributed by atoms with E-state index in [0.717, 1.165) is 16.5 Å². The van der Waals surface area contributed by atoms with E-state index in [0.29, 0.717) is 6.54 Å². The zero-order valence-corrected chi connectivity index (χ0v) is 9.81. The van der Waals surface area contributed by atoms with Crippen molar-refractivity contribution in [2.24, 2.45) is 5.73 Å². The Morgan fingerprint density at radius 3 is 3.11 bits per heavy atom. The number of hydrogen-bond donors (Lipinski definition) is 2. The monoisotopic (exact) mass is 239 g/mol. The Kier molecular flexibility index (Phi) is 3.90. The molecule has 2 rings (SSSR count). The standard InChI is InChI=1S/C14H13N3O/c15-10-14(18)17-8-1-3-11-5-6-13-12(9-11)4-2-7-16-13/h2,4-7,9H,8,10,15H2,(H,17,18). The van der Waals surface area contributed by atoms with Gasteiger partial charge in [0.1, 0.15) is 0 Å². The van der Waals surface area contributed by atoms with Gasteiger partial charge in [-0.25, -0.2) is 0 Å². The van der Waals surface area contributed by atoms with Gasteiger partial charge in [-0.15, -0.1) is 0 Å². The first-order valence-corrected chi connectivity index (χ1v) is 5.60. The van der Waals surface area contributed by atoms with Gasteiger partial charge in [0.05, 0.1) is 18.6 Å². The van der Waals surface area contributed by atoms with Gasteiger partial charge in [0.25, 0.3) is 0 Å². The van der Waals surface area contributed by atoms with Crippen LogP contribution in [0, 0.1) is 11.8 Å². The smallest absolute Gasteiger partial charge is 0.234 e. The third-order valence-electron chi connectivity index (χ3n) is 2.40.